The highest BCUT2D eigenvalue weighted by Crippen LogP contribution is 2.43. The first kappa shape index (κ1) is 26.4. The smallest absolute Gasteiger partial charge is 0.320 e. The van der Waals surface area contributed by atoms with E-state index in [0.717, 1.165) is 25.8 Å². The molecule has 4 heterocycles. The summed E-state index contributed by atoms with van der Waals surface area (Å²) in [5.74, 6) is 0.302. The molecule has 0 saturated carbocycles. The summed E-state index contributed by atoms with van der Waals surface area (Å²) in [6.07, 6.45) is 4.40. The molecule has 2 N–H and O–H groups in total. The van der Waals surface area contributed by atoms with Gasteiger partial charge in [-0.15, -0.1) is 0 Å². The molecule has 1 atom stereocenters. The number of likely N-dealkylation sites (N-methyl/N-ethyl adjacent to an activating group) is 1. The van der Waals surface area contributed by atoms with E-state index in [1.54, 1.807) is 35.0 Å². The van der Waals surface area contributed by atoms with Crippen LogP contribution >= 0.6 is 0 Å². The Labute approximate surface area is 228 Å². The van der Waals surface area contributed by atoms with E-state index in [2.05, 4.69) is 34.5 Å². The molecular weight excluding hydrogens is 496 g/mol. The van der Waals surface area contributed by atoms with E-state index in [1.807, 2.05) is 6.07 Å². The maximum atomic E-state index is 12.0. The molecule has 39 heavy (non-hydrogen) atoms. The number of rotatable bonds is 8. The molecule has 3 saturated heterocycles. The number of carbonyl (C=O) groups is 2. The summed E-state index contributed by atoms with van der Waals surface area (Å²) in [5, 5.41) is 10.3. The van der Waals surface area contributed by atoms with Gasteiger partial charge in [0.1, 0.15) is 18.2 Å². The fourth-order valence-corrected chi connectivity index (χ4v) is 5.83. The second-order valence-electron chi connectivity index (χ2n) is 10.8. The van der Waals surface area contributed by atoms with Gasteiger partial charge in [-0.3, -0.25) is 9.59 Å². The molecule has 2 aromatic rings. The third kappa shape index (κ3) is 5.12. The second kappa shape index (κ2) is 10.5. The molecule has 0 radical (unpaired) electrons. The predicted molar refractivity (Wildman–Crippen MR) is 147 cm³/mol. The van der Waals surface area contributed by atoms with Crippen LogP contribution in [0.2, 0.25) is 0 Å². The average Bonchev–Trinajstić information content (AvgIpc) is 3.56. The van der Waals surface area contributed by atoms with Crippen LogP contribution in [0.15, 0.2) is 36.9 Å². The van der Waals surface area contributed by atoms with Gasteiger partial charge in [-0.2, -0.15) is 15.2 Å². The van der Waals surface area contributed by atoms with Gasteiger partial charge in [-0.1, -0.05) is 12.6 Å². The standard InChI is InChI=1S/C28H34N8O3/c1-4-23(37)36-17-28(18-36)10-12-35(16-28)26-22(14-29)25(34(3)20-8-5-7-19(13-20)24(30)38)31-27(32-26)39-15-21-9-6-11-33(21)2/h4-5,7-8,13,21H,1,6,9-12,15-18H2,2-3H3,(H2,30,38)/t21-/m0/s1. The lowest BCUT2D eigenvalue weighted by atomic mass is 9.79. The van der Waals surface area contributed by atoms with Gasteiger partial charge in [-0.05, 0) is 57.1 Å². The average molecular weight is 531 g/mol. The molecule has 0 bridgehead atoms. The molecule has 0 aliphatic carbocycles. The summed E-state index contributed by atoms with van der Waals surface area (Å²) in [4.78, 5) is 41.2. The highest BCUT2D eigenvalue weighted by molar-refractivity contribution is 5.94. The zero-order valence-electron chi connectivity index (χ0n) is 22.5. The minimum absolute atomic E-state index is 0.0359. The molecule has 11 heteroatoms. The first-order valence-corrected chi connectivity index (χ1v) is 13.2. The normalized spacial score (nSPS) is 20.0. The summed E-state index contributed by atoms with van der Waals surface area (Å²) in [6, 6.07) is 9.68. The number of amides is 2. The largest absolute Gasteiger partial charge is 0.462 e. The first-order chi connectivity index (χ1) is 18.7. The van der Waals surface area contributed by atoms with Crippen molar-refractivity contribution in [1.29, 1.82) is 5.26 Å². The third-order valence-corrected chi connectivity index (χ3v) is 8.15. The molecular formula is C28H34N8O3. The van der Waals surface area contributed by atoms with Crippen LogP contribution in [0, 0.1) is 16.7 Å². The molecule has 3 aliphatic heterocycles. The maximum Gasteiger partial charge on any atom is 0.320 e. The summed E-state index contributed by atoms with van der Waals surface area (Å²) >= 11 is 0. The molecule has 1 spiro atoms. The summed E-state index contributed by atoms with van der Waals surface area (Å²) in [7, 11) is 3.87. The number of nitrogens with two attached hydrogens (primary N) is 1. The maximum absolute atomic E-state index is 12.0. The van der Waals surface area contributed by atoms with Crippen molar-refractivity contribution in [1.82, 2.24) is 19.8 Å². The van der Waals surface area contributed by atoms with Gasteiger partial charge in [-0.25, -0.2) is 0 Å². The van der Waals surface area contributed by atoms with Crippen molar-refractivity contribution in [3.05, 3.63) is 48.0 Å². The first-order valence-electron chi connectivity index (χ1n) is 13.2. The Hall–Kier alpha value is -4.17. The van der Waals surface area contributed by atoms with Gasteiger partial charge in [0.15, 0.2) is 11.6 Å². The van der Waals surface area contributed by atoms with Crippen molar-refractivity contribution in [2.75, 3.05) is 63.2 Å². The Morgan fingerprint density at radius 3 is 2.77 bits per heavy atom. The SMILES string of the molecule is C=CC(=O)N1CC2(CCN(c3nc(OC[C@@H]4CCCN4C)nc(N(C)c4cccc(C(N)=O)c4)c3C#N)C2)C1. The molecule has 3 fully saturated rings. The number of anilines is 3. The third-order valence-electron chi connectivity index (χ3n) is 8.15. The van der Waals surface area contributed by atoms with Crippen LogP contribution in [-0.4, -0.2) is 91.0 Å². The lowest BCUT2D eigenvalue weighted by Gasteiger charge is -2.47. The van der Waals surface area contributed by atoms with Crippen molar-refractivity contribution in [3.8, 4) is 12.1 Å². The van der Waals surface area contributed by atoms with Gasteiger partial charge < -0.3 is 30.1 Å². The van der Waals surface area contributed by atoms with Crippen LogP contribution in [0.5, 0.6) is 6.01 Å². The van der Waals surface area contributed by atoms with Crippen molar-refractivity contribution in [3.63, 3.8) is 0 Å². The molecule has 3 aliphatic rings. The van der Waals surface area contributed by atoms with Crippen LogP contribution in [0.4, 0.5) is 17.3 Å². The molecule has 204 valence electrons. The number of benzene rings is 1. The van der Waals surface area contributed by atoms with Gasteiger partial charge in [0.25, 0.3) is 0 Å². The van der Waals surface area contributed by atoms with Crippen LogP contribution in [0.1, 0.15) is 35.2 Å². The minimum Gasteiger partial charge on any atom is -0.462 e. The van der Waals surface area contributed by atoms with Crippen molar-refractivity contribution in [2.45, 2.75) is 25.3 Å². The Balaban J connectivity index is 1.48. The fourth-order valence-electron chi connectivity index (χ4n) is 5.83. The number of nitriles is 1. The van der Waals surface area contributed by atoms with Crippen LogP contribution in [0.25, 0.3) is 0 Å². The monoisotopic (exact) mass is 530 g/mol. The summed E-state index contributed by atoms with van der Waals surface area (Å²) in [6.45, 7) is 7.75. The predicted octanol–water partition coefficient (Wildman–Crippen LogP) is 1.91. The number of hydrogen-bond acceptors (Lipinski definition) is 9. The van der Waals surface area contributed by atoms with E-state index in [-0.39, 0.29) is 23.4 Å². The number of aromatic nitrogens is 2. The van der Waals surface area contributed by atoms with E-state index in [0.29, 0.717) is 61.2 Å². The highest BCUT2D eigenvalue weighted by Gasteiger charge is 2.49. The van der Waals surface area contributed by atoms with E-state index in [9.17, 15) is 14.9 Å². The molecule has 5 rings (SSSR count). The van der Waals surface area contributed by atoms with Crippen molar-refractivity contribution in [2.24, 2.45) is 11.1 Å². The van der Waals surface area contributed by atoms with E-state index in [4.69, 9.17) is 15.5 Å². The van der Waals surface area contributed by atoms with Crippen LogP contribution in [0.3, 0.4) is 0 Å². The summed E-state index contributed by atoms with van der Waals surface area (Å²) < 4.78 is 6.14. The Kier molecular flexibility index (Phi) is 7.14. The summed E-state index contributed by atoms with van der Waals surface area (Å²) in [5.41, 5.74) is 6.81. The van der Waals surface area contributed by atoms with Gasteiger partial charge in [0.2, 0.25) is 11.8 Å². The van der Waals surface area contributed by atoms with E-state index < -0.39 is 5.91 Å². The molecule has 2 amide bonds. The quantitative estimate of drug-likeness (QED) is 0.508. The Morgan fingerprint density at radius 1 is 1.31 bits per heavy atom. The Morgan fingerprint density at radius 2 is 2.10 bits per heavy atom. The molecule has 1 aromatic carbocycles. The van der Waals surface area contributed by atoms with Gasteiger partial charge in [0, 0.05) is 55.9 Å². The van der Waals surface area contributed by atoms with Crippen LogP contribution < -0.4 is 20.3 Å². The van der Waals surface area contributed by atoms with Crippen molar-refractivity contribution >= 4 is 29.1 Å². The number of ether oxygens (including phenoxy) is 1. The highest BCUT2D eigenvalue weighted by atomic mass is 16.5. The molecule has 0 unspecified atom stereocenters. The van der Waals surface area contributed by atoms with Gasteiger partial charge >= 0.3 is 6.01 Å². The Bertz CT molecular complexity index is 1330. The number of hydrogen-bond donors (Lipinski definition) is 1. The van der Waals surface area contributed by atoms with E-state index >= 15 is 0 Å². The number of nitrogens with zero attached hydrogens (tertiary/aromatic N) is 7. The lowest BCUT2D eigenvalue weighted by molar-refractivity contribution is -0.136. The number of likely N-dealkylation sites (tertiary alicyclic amines) is 2. The zero-order chi connectivity index (χ0) is 27.7. The van der Waals surface area contributed by atoms with Crippen LogP contribution in [-0.2, 0) is 4.79 Å². The van der Waals surface area contributed by atoms with Crippen molar-refractivity contribution < 1.29 is 14.3 Å². The second-order valence-corrected chi connectivity index (χ2v) is 10.8. The topological polar surface area (TPSA) is 132 Å². The van der Waals surface area contributed by atoms with E-state index in [1.165, 1.54) is 6.08 Å². The molecule has 1 aromatic heterocycles. The lowest BCUT2D eigenvalue weighted by Crippen LogP contribution is -2.59. The number of carbonyl (C=O) groups excluding carboxylic acids is 2. The number of primary amides is 1. The minimum atomic E-state index is -0.536. The zero-order valence-corrected chi connectivity index (χ0v) is 22.5. The molecule has 11 nitrogen and oxygen atoms in total. The van der Waals surface area contributed by atoms with Gasteiger partial charge in [0.05, 0.1) is 0 Å². The fraction of sp³-hybridized carbons (Fsp3) is 0.464.